The molecular weight excluding hydrogens is 414 g/mol. The van der Waals surface area contributed by atoms with Gasteiger partial charge in [-0.3, -0.25) is 4.79 Å². The van der Waals surface area contributed by atoms with E-state index in [9.17, 15) is 4.79 Å². The largest absolute Gasteiger partial charge is 0.355 e. The fourth-order valence-corrected chi connectivity index (χ4v) is 4.43. The number of halogens is 1. The van der Waals surface area contributed by atoms with E-state index >= 15 is 0 Å². The smallest absolute Gasteiger partial charge is 0.263 e. The second-order valence-electron chi connectivity index (χ2n) is 8.67. The minimum Gasteiger partial charge on any atom is -0.355 e. The van der Waals surface area contributed by atoms with Gasteiger partial charge in [-0.15, -0.1) is 0 Å². The van der Waals surface area contributed by atoms with Crippen LogP contribution in [0, 0.1) is 18.8 Å². The number of piperidine rings is 1. The highest BCUT2D eigenvalue weighted by Gasteiger charge is 2.27. The predicted octanol–water partition coefficient (Wildman–Crippen LogP) is 4.31. The van der Waals surface area contributed by atoms with E-state index in [0.29, 0.717) is 47.8 Å². The standard InChI is InChI=1S/C23H28ClN5O2/c1-14-10-15(2)13-29(12-14)22-21-16(3)28-31-23(21)27-19(26-22)8-9-20(30)25-11-17-4-6-18(24)7-5-17/h4-7,14-15H,8-13H2,1-3H3,(H,25,30)/t14-,15+. The summed E-state index contributed by atoms with van der Waals surface area (Å²) in [4.78, 5) is 24.0. The van der Waals surface area contributed by atoms with Crippen molar-refractivity contribution >= 4 is 34.4 Å². The summed E-state index contributed by atoms with van der Waals surface area (Å²) in [6.07, 6.45) is 1.96. The molecule has 1 aliphatic heterocycles. The third-order valence-electron chi connectivity index (χ3n) is 5.68. The molecule has 31 heavy (non-hydrogen) atoms. The minimum absolute atomic E-state index is 0.0471. The molecule has 0 spiro atoms. The fraction of sp³-hybridized carbons (Fsp3) is 0.478. The summed E-state index contributed by atoms with van der Waals surface area (Å²) in [5.41, 5.74) is 2.29. The molecule has 1 aromatic carbocycles. The van der Waals surface area contributed by atoms with Gasteiger partial charge in [0.25, 0.3) is 5.71 Å². The van der Waals surface area contributed by atoms with Crippen molar-refractivity contribution in [1.82, 2.24) is 20.4 Å². The molecule has 1 aliphatic rings. The second-order valence-corrected chi connectivity index (χ2v) is 9.10. The molecule has 0 saturated carbocycles. The molecule has 4 rings (SSSR count). The van der Waals surface area contributed by atoms with Crippen molar-refractivity contribution in [3.8, 4) is 0 Å². The van der Waals surface area contributed by atoms with Crippen LogP contribution in [0.3, 0.4) is 0 Å². The van der Waals surface area contributed by atoms with Crippen LogP contribution in [-0.2, 0) is 17.8 Å². The Labute approximate surface area is 187 Å². The lowest BCUT2D eigenvalue weighted by atomic mass is 9.92. The van der Waals surface area contributed by atoms with Crippen molar-refractivity contribution < 1.29 is 9.32 Å². The fourth-order valence-electron chi connectivity index (χ4n) is 4.30. The van der Waals surface area contributed by atoms with Gasteiger partial charge >= 0.3 is 0 Å². The molecule has 0 radical (unpaired) electrons. The molecule has 1 N–H and O–H groups in total. The van der Waals surface area contributed by atoms with Gasteiger partial charge in [0, 0.05) is 37.5 Å². The Balaban J connectivity index is 1.46. The van der Waals surface area contributed by atoms with Crippen molar-refractivity contribution in [3.63, 3.8) is 0 Å². The molecule has 3 aromatic rings. The summed E-state index contributed by atoms with van der Waals surface area (Å²) >= 11 is 5.90. The van der Waals surface area contributed by atoms with Crippen LogP contribution >= 0.6 is 11.6 Å². The van der Waals surface area contributed by atoms with Gasteiger partial charge in [0.05, 0.1) is 5.69 Å². The predicted molar refractivity (Wildman–Crippen MR) is 121 cm³/mol. The Morgan fingerprint density at radius 3 is 2.61 bits per heavy atom. The summed E-state index contributed by atoms with van der Waals surface area (Å²) < 4.78 is 5.46. The summed E-state index contributed by atoms with van der Waals surface area (Å²) in [6, 6.07) is 7.43. The maximum absolute atomic E-state index is 12.4. The van der Waals surface area contributed by atoms with E-state index in [1.54, 1.807) is 0 Å². The van der Waals surface area contributed by atoms with Crippen LogP contribution in [0.2, 0.25) is 5.02 Å². The van der Waals surface area contributed by atoms with E-state index in [-0.39, 0.29) is 5.91 Å². The van der Waals surface area contributed by atoms with Crippen molar-refractivity contribution in [2.45, 2.75) is 46.6 Å². The highest BCUT2D eigenvalue weighted by atomic mass is 35.5. The van der Waals surface area contributed by atoms with Gasteiger partial charge < -0.3 is 14.7 Å². The van der Waals surface area contributed by atoms with E-state index in [4.69, 9.17) is 21.1 Å². The molecule has 0 unspecified atom stereocenters. The Bertz CT molecular complexity index is 1060. The number of aromatic nitrogens is 3. The number of hydrogen-bond donors (Lipinski definition) is 1. The van der Waals surface area contributed by atoms with Gasteiger partial charge in [-0.05, 0) is 42.9 Å². The van der Waals surface area contributed by atoms with Gasteiger partial charge in [0.1, 0.15) is 17.0 Å². The lowest BCUT2D eigenvalue weighted by Gasteiger charge is -2.36. The van der Waals surface area contributed by atoms with E-state index in [0.717, 1.165) is 35.6 Å². The van der Waals surface area contributed by atoms with E-state index in [1.807, 2.05) is 31.2 Å². The molecule has 8 heteroatoms. The van der Waals surface area contributed by atoms with E-state index < -0.39 is 0 Å². The number of anilines is 1. The molecule has 2 atom stereocenters. The Hall–Kier alpha value is -2.67. The van der Waals surface area contributed by atoms with Crippen molar-refractivity contribution in [1.29, 1.82) is 0 Å². The maximum atomic E-state index is 12.4. The molecular formula is C23H28ClN5O2. The average Bonchev–Trinajstić information content (AvgIpc) is 3.11. The van der Waals surface area contributed by atoms with Gasteiger partial charge in [-0.25, -0.2) is 4.98 Å². The number of aryl methyl sites for hydroxylation is 2. The molecule has 164 valence electrons. The van der Waals surface area contributed by atoms with Crippen LogP contribution in [-0.4, -0.2) is 34.1 Å². The third kappa shape index (κ3) is 5.15. The lowest BCUT2D eigenvalue weighted by molar-refractivity contribution is -0.121. The first-order valence-corrected chi connectivity index (χ1v) is 11.2. The second kappa shape index (κ2) is 9.22. The molecule has 1 amide bonds. The van der Waals surface area contributed by atoms with Crippen molar-refractivity contribution in [2.75, 3.05) is 18.0 Å². The van der Waals surface area contributed by atoms with Gasteiger partial charge in [-0.1, -0.05) is 42.7 Å². The average molecular weight is 442 g/mol. The van der Waals surface area contributed by atoms with Crippen LogP contribution < -0.4 is 10.2 Å². The van der Waals surface area contributed by atoms with Gasteiger partial charge in [-0.2, -0.15) is 4.98 Å². The SMILES string of the molecule is Cc1noc2nc(CCC(=O)NCc3ccc(Cl)cc3)nc(N3C[C@H](C)C[C@H](C)C3)c12. The minimum atomic E-state index is -0.0471. The third-order valence-corrected chi connectivity index (χ3v) is 5.93. The van der Waals surface area contributed by atoms with Crippen molar-refractivity contribution in [2.24, 2.45) is 11.8 Å². The van der Waals surface area contributed by atoms with E-state index in [1.165, 1.54) is 6.42 Å². The van der Waals surface area contributed by atoms with Crippen LogP contribution in [0.5, 0.6) is 0 Å². The first-order valence-electron chi connectivity index (χ1n) is 10.8. The zero-order valence-electron chi connectivity index (χ0n) is 18.2. The quantitative estimate of drug-likeness (QED) is 0.613. The number of carbonyl (C=O) groups excluding carboxylic acids is 1. The van der Waals surface area contributed by atoms with Gasteiger partial charge in [0.15, 0.2) is 0 Å². The highest BCUT2D eigenvalue weighted by molar-refractivity contribution is 6.30. The number of nitrogens with zero attached hydrogens (tertiary/aromatic N) is 4. The summed E-state index contributed by atoms with van der Waals surface area (Å²) in [7, 11) is 0. The lowest BCUT2D eigenvalue weighted by Crippen LogP contribution is -2.39. The molecule has 1 saturated heterocycles. The van der Waals surface area contributed by atoms with Crippen LogP contribution in [0.25, 0.3) is 11.1 Å². The number of carbonyl (C=O) groups is 1. The Kier molecular flexibility index (Phi) is 6.41. The van der Waals surface area contributed by atoms with Crippen LogP contribution in [0.1, 0.15) is 43.8 Å². The topological polar surface area (TPSA) is 84.1 Å². The van der Waals surface area contributed by atoms with Crippen LogP contribution in [0.15, 0.2) is 28.8 Å². The zero-order chi connectivity index (χ0) is 22.0. The number of hydrogen-bond acceptors (Lipinski definition) is 6. The Morgan fingerprint density at radius 1 is 1.19 bits per heavy atom. The first-order chi connectivity index (χ1) is 14.9. The number of fused-ring (bicyclic) bond motifs is 1. The zero-order valence-corrected chi connectivity index (χ0v) is 18.9. The molecule has 1 fully saturated rings. The molecule has 0 bridgehead atoms. The first kappa shape index (κ1) is 21.6. The maximum Gasteiger partial charge on any atom is 0.263 e. The summed E-state index contributed by atoms with van der Waals surface area (Å²) in [6.45, 7) is 8.82. The molecule has 0 aliphatic carbocycles. The van der Waals surface area contributed by atoms with Crippen molar-refractivity contribution in [3.05, 3.63) is 46.4 Å². The van der Waals surface area contributed by atoms with Crippen LogP contribution in [0.4, 0.5) is 5.82 Å². The summed E-state index contributed by atoms with van der Waals surface area (Å²) in [5.74, 6) is 2.62. The Morgan fingerprint density at radius 2 is 1.90 bits per heavy atom. The monoisotopic (exact) mass is 441 g/mol. The van der Waals surface area contributed by atoms with E-state index in [2.05, 4.69) is 34.2 Å². The normalized spacial score (nSPS) is 19.0. The molecule has 2 aromatic heterocycles. The number of amides is 1. The number of rotatable bonds is 6. The number of benzene rings is 1. The summed E-state index contributed by atoms with van der Waals surface area (Å²) in [5, 5.41) is 8.59. The van der Waals surface area contributed by atoms with Gasteiger partial charge in [0.2, 0.25) is 5.91 Å². The number of nitrogens with one attached hydrogen (secondary N) is 1. The highest BCUT2D eigenvalue weighted by Crippen LogP contribution is 2.31. The molecule has 7 nitrogen and oxygen atoms in total. The molecule has 3 heterocycles.